The van der Waals surface area contributed by atoms with E-state index in [9.17, 15) is 5.11 Å². The zero-order valence-corrected chi connectivity index (χ0v) is 21.5. The summed E-state index contributed by atoms with van der Waals surface area (Å²) in [5.41, 5.74) is 3.09. The fourth-order valence-electron chi connectivity index (χ4n) is 5.85. The Morgan fingerprint density at radius 3 is 2.61 bits per heavy atom. The third-order valence-corrected chi connectivity index (χ3v) is 7.81. The van der Waals surface area contributed by atoms with E-state index in [-0.39, 0.29) is 5.92 Å². The molecule has 178 valence electrons. The first-order valence-corrected chi connectivity index (χ1v) is 12.6. The Morgan fingerprint density at radius 2 is 1.97 bits per heavy atom. The first-order valence-electron chi connectivity index (χ1n) is 12.6. The quantitative estimate of drug-likeness (QED) is 0.356. The lowest BCUT2D eigenvalue weighted by Crippen LogP contribution is -2.49. The lowest BCUT2D eigenvalue weighted by atomic mass is 9.59. The molecule has 1 aromatic rings. The highest BCUT2D eigenvalue weighted by Gasteiger charge is 2.56. The van der Waals surface area contributed by atoms with Crippen LogP contribution in [0.25, 0.3) is 5.57 Å². The van der Waals surface area contributed by atoms with Crippen molar-refractivity contribution >= 4 is 5.57 Å². The average Bonchev–Trinajstić information content (AvgIpc) is 3.03. The van der Waals surface area contributed by atoms with Gasteiger partial charge in [0.25, 0.3) is 0 Å². The van der Waals surface area contributed by atoms with E-state index in [1.807, 2.05) is 44.2 Å². The highest BCUT2D eigenvalue weighted by Crippen LogP contribution is 2.57. The topological polar surface area (TPSA) is 44.0 Å². The maximum absolute atomic E-state index is 11.5. The van der Waals surface area contributed by atoms with Crippen LogP contribution < -0.4 is 0 Å². The summed E-state index contributed by atoms with van der Waals surface area (Å²) in [5, 5.41) is 20.6. The second-order valence-electron chi connectivity index (χ2n) is 10.0. The van der Waals surface area contributed by atoms with Crippen molar-refractivity contribution in [1.82, 2.24) is 0 Å². The summed E-state index contributed by atoms with van der Waals surface area (Å²) in [5.74, 6) is 2.52. The highest BCUT2D eigenvalue weighted by molar-refractivity contribution is 5.74. The monoisotopic (exact) mass is 445 g/mol. The van der Waals surface area contributed by atoms with Crippen molar-refractivity contribution in [3.63, 3.8) is 0 Å². The number of hydrogen-bond donors (Lipinski definition) is 1. The number of hydrogen-bond acceptors (Lipinski definition) is 2. The molecule has 2 saturated carbocycles. The van der Waals surface area contributed by atoms with Gasteiger partial charge in [0.2, 0.25) is 0 Å². The van der Waals surface area contributed by atoms with Crippen molar-refractivity contribution < 1.29 is 5.11 Å². The molecule has 0 amide bonds. The fraction of sp³-hybridized carbons (Fsp3) is 0.516. The van der Waals surface area contributed by atoms with Gasteiger partial charge in [-0.3, -0.25) is 0 Å². The molecule has 0 aliphatic heterocycles. The summed E-state index contributed by atoms with van der Waals surface area (Å²) >= 11 is 0. The molecule has 0 spiro atoms. The maximum atomic E-state index is 11.5. The van der Waals surface area contributed by atoms with Crippen molar-refractivity contribution in [3.05, 3.63) is 78.4 Å². The van der Waals surface area contributed by atoms with Crippen LogP contribution >= 0.6 is 0 Å². The molecule has 7 atom stereocenters. The van der Waals surface area contributed by atoms with Gasteiger partial charge in [0, 0.05) is 5.92 Å². The van der Waals surface area contributed by atoms with Crippen LogP contribution in [0.15, 0.2) is 67.3 Å². The number of nitrogens with zero attached hydrogens (tertiary/aromatic N) is 1. The van der Waals surface area contributed by atoms with Gasteiger partial charge in [0.15, 0.2) is 0 Å². The van der Waals surface area contributed by atoms with Crippen molar-refractivity contribution in [2.75, 3.05) is 0 Å². The zero-order valence-electron chi connectivity index (χ0n) is 21.5. The van der Waals surface area contributed by atoms with Crippen LogP contribution in [0, 0.1) is 46.8 Å². The van der Waals surface area contributed by atoms with Gasteiger partial charge in [-0.25, -0.2) is 0 Å². The summed E-state index contributed by atoms with van der Waals surface area (Å²) in [6.07, 6.45) is 11.5. The Hall–Kier alpha value is -2.37. The number of nitriles is 1. The smallest absolute Gasteiger partial charge is 0.0991 e. The van der Waals surface area contributed by atoms with Crippen LogP contribution in [0.3, 0.4) is 0 Å². The number of benzene rings is 1. The molecule has 7 unspecified atom stereocenters. The molecule has 0 aromatic heterocycles. The van der Waals surface area contributed by atoms with E-state index < -0.39 is 5.60 Å². The van der Waals surface area contributed by atoms with Crippen molar-refractivity contribution in [1.29, 1.82) is 5.26 Å². The molecule has 2 heteroatoms. The molecule has 3 rings (SSSR count). The molecule has 2 fully saturated rings. The normalized spacial score (nSPS) is 32.5. The van der Waals surface area contributed by atoms with Gasteiger partial charge in [-0.15, -0.1) is 0 Å². The predicted octanol–water partition coefficient (Wildman–Crippen LogP) is 7.97. The lowest BCUT2D eigenvalue weighted by molar-refractivity contribution is -0.0681. The minimum absolute atomic E-state index is 0.266. The van der Waals surface area contributed by atoms with Crippen LogP contribution in [-0.4, -0.2) is 10.7 Å². The minimum Gasteiger partial charge on any atom is -0.385 e. The van der Waals surface area contributed by atoms with Crippen molar-refractivity contribution in [2.24, 2.45) is 35.5 Å². The maximum Gasteiger partial charge on any atom is 0.0991 e. The third kappa shape index (κ3) is 5.77. The first kappa shape index (κ1) is 26.9. The van der Waals surface area contributed by atoms with E-state index in [0.29, 0.717) is 35.2 Å². The Labute approximate surface area is 202 Å². The minimum atomic E-state index is -0.703. The molecular formula is C31H43NO. The van der Waals surface area contributed by atoms with E-state index in [2.05, 4.69) is 65.2 Å². The van der Waals surface area contributed by atoms with E-state index in [1.54, 1.807) is 0 Å². The SMILES string of the molecule is C=C/C(=C\CC(C)/C=C/C1C(C)C(C)CC2(O)C(=C)CC(C)C12)c1cccc(C#N)c1.CC. The predicted molar refractivity (Wildman–Crippen MR) is 141 cm³/mol. The molecule has 1 aromatic carbocycles. The molecule has 0 radical (unpaired) electrons. The Morgan fingerprint density at radius 1 is 1.27 bits per heavy atom. The molecule has 0 bridgehead atoms. The highest BCUT2D eigenvalue weighted by atomic mass is 16.3. The van der Waals surface area contributed by atoms with E-state index in [0.717, 1.165) is 36.0 Å². The van der Waals surface area contributed by atoms with Crippen LogP contribution in [-0.2, 0) is 0 Å². The van der Waals surface area contributed by atoms with Crippen molar-refractivity contribution in [2.45, 2.75) is 66.4 Å². The van der Waals surface area contributed by atoms with Gasteiger partial charge in [0.1, 0.15) is 0 Å². The number of rotatable bonds is 6. The van der Waals surface area contributed by atoms with Gasteiger partial charge in [-0.1, -0.05) is 91.1 Å². The molecule has 1 N–H and O–H groups in total. The van der Waals surface area contributed by atoms with Crippen molar-refractivity contribution in [3.8, 4) is 6.07 Å². The largest absolute Gasteiger partial charge is 0.385 e. The molecule has 33 heavy (non-hydrogen) atoms. The summed E-state index contributed by atoms with van der Waals surface area (Å²) < 4.78 is 0. The van der Waals surface area contributed by atoms with Gasteiger partial charge in [-0.2, -0.15) is 5.26 Å². The van der Waals surface area contributed by atoms with E-state index in [4.69, 9.17) is 5.26 Å². The number of fused-ring (bicyclic) bond motifs is 1. The van der Waals surface area contributed by atoms with E-state index in [1.165, 1.54) is 0 Å². The first-order chi connectivity index (χ1) is 15.7. The van der Waals surface area contributed by atoms with Gasteiger partial charge >= 0.3 is 0 Å². The second kappa shape index (κ2) is 11.7. The Kier molecular flexibility index (Phi) is 9.50. The van der Waals surface area contributed by atoms with Gasteiger partial charge in [-0.05, 0) is 77.7 Å². The fourth-order valence-corrected chi connectivity index (χ4v) is 5.85. The molecular weight excluding hydrogens is 402 g/mol. The average molecular weight is 446 g/mol. The molecule has 0 saturated heterocycles. The van der Waals surface area contributed by atoms with Crippen LogP contribution in [0.5, 0.6) is 0 Å². The second-order valence-corrected chi connectivity index (χ2v) is 10.0. The summed E-state index contributed by atoms with van der Waals surface area (Å²) in [4.78, 5) is 0. The summed E-state index contributed by atoms with van der Waals surface area (Å²) in [7, 11) is 0. The standard InChI is InChI=1S/C29H37NO.C2H6/c1-7-25(26-10-8-9-24(16-26)18-30)13-11-19(2)12-14-27-23(6)21(4)17-29(31)22(5)15-20(3)28(27)29;1-2/h7-10,12-14,16,19-21,23,27-28,31H,1,5,11,15,17H2,2-4,6H3;1-2H3/b14-12+,25-13+;. The Bertz CT molecular complexity index is 932. The summed E-state index contributed by atoms with van der Waals surface area (Å²) in [6.45, 7) is 21.3. The lowest BCUT2D eigenvalue weighted by Gasteiger charge is -2.48. The Balaban J connectivity index is 0.00000187. The molecule has 0 heterocycles. The third-order valence-electron chi connectivity index (χ3n) is 7.81. The van der Waals surface area contributed by atoms with E-state index >= 15 is 0 Å². The molecule has 2 nitrogen and oxygen atoms in total. The molecule has 2 aliphatic carbocycles. The van der Waals surface area contributed by atoms with Gasteiger partial charge < -0.3 is 5.11 Å². The van der Waals surface area contributed by atoms with Gasteiger partial charge in [0.05, 0.1) is 17.2 Å². The summed E-state index contributed by atoms with van der Waals surface area (Å²) in [6, 6.07) is 9.87. The van der Waals surface area contributed by atoms with Crippen LogP contribution in [0.4, 0.5) is 0 Å². The zero-order chi connectivity index (χ0) is 24.8. The van der Waals surface area contributed by atoms with Crippen LogP contribution in [0.2, 0.25) is 0 Å². The number of allylic oxidation sites excluding steroid dienone is 5. The molecule has 2 aliphatic rings. The number of aliphatic hydroxyl groups is 1. The van der Waals surface area contributed by atoms with Crippen LogP contribution in [0.1, 0.15) is 71.9 Å².